The van der Waals surface area contributed by atoms with Crippen LogP contribution in [0.25, 0.3) is 0 Å². The van der Waals surface area contributed by atoms with E-state index in [0.717, 1.165) is 30.0 Å². The molecule has 2 rings (SSSR count). The predicted octanol–water partition coefficient (Wildman–Crippen LogP) is 5.30. The summed E-state index contributed by atoms with van der Waals surface area (Å²) in [4.78, 5) is 0. The summed E-state index contributed by atoms with van der Waals surface area (Å²) in [5.74, 6) is 0. The lowest BCUT2D eigenvalue weighted by molar-refractivity contribution is 0.598. The molecule has 1 unspecified atom stereocenters. The minimum atomic E-state index is 0.156. The van der Waals surface area contributed by atoms with Gasteiger partial charge in [0.25, 0.3) is 0 Å². The highest BCUT2D eigenvalue weighted by Gasteiger charge is 2.16. The highest BCUT2D eigenvalue weighted by molar-refractivity contribution is 6.31. The zero-order valence-corrected chi connectivity index (χ0v) is 13.9. The standard InChI is InChI=1S/C19H24ClN/c1-4-12-21-19(16-9-7-15(5-2)8-10-16)17-11-6-14(3)13-18(17)20/h6-11,13,19,21H,4-5,12H2,1-3H3. The SMILES string of the molecule is CCCNC(c1ccc(CC)cc1)c1ccc(C)cc1Cl. The third-order valence-corrected chi connectivity index (χ3v) is 4.11. The van der Waals surface area contributed by atoms with Gasteiger partial charge < -0.3 is 5.32 Å². The van der Waals surface area contributed by atoms with Gasteiger partial charge in [0.1, 0.15) is 0 Å². The summed E-state index contributed by atoms with van der Waals surface area (Å²) in [5.41, 5.74) is 4.98. The maximum atomic E-state index is 6.47. The molecule has 1 atom stereocenters. The van der Waals surface area contributed by atoms with Crippen molar-refractivity contribution in [3.05, 3.63) is 69.7 Å². The molecule has 2 aromatic carbocycles. The molecule has 0 bridgehead atoms. The third-order valence-electron chi connectivity index (χ3n) is 3.79. The first-order valence-corrected chi connectivity index (χ1v) is 8.11. The average molecular weight is 302 g/mol. The van der Waals surface area contributed by atoms with Gasteiger partial charge in [0, 0.05) is 5.02 Å². The van der Waals surface area contributed by atoms with Gasteiger partial charge in [-0.1, -0.05) is 61.8 Å². The molecule has 0 fully saturated rings. The van der Waals surface area contributed by atoms with Crippen LogP contribution < -0.4 is 5.32 Å². The van der Waals surface area contributed by atoms with Crippen molar-refractivity contribution in [2.45, 2.75) is 39.7 Å². The molecule has 21 heavy (non-hydrogen) atoms. The van der Waals surface area contributed by atoms with Gasteiger partial charge in [-0.15, -0.1) is 0 Å². The molecule has 2 heteroatoms. The highest BCUT2D eigenvalue weighted by atomic mass is 35.5. The smallest absolute Gasteiger partial charge is 0.0591 e. The van der Waals surface area contributed by atoms with Crippen molar-refractivity contribution in [3.63, 3.8) is 0 Å². The number of hydrogen-bond acceptors (Lipinski definition) is 1. The number of rotatable bonds is 6. The van der Waals surface area contributed by atoms with Crippen molar-refractivity contribution < 1.29 is 0 Å². The Balaban J connectivity index is 2.36. The Hall–Kier alpha value is -1.31. The van der Waals surface area contributed by atoms with Crippen LogP contribution >= 0.6 is 11.6 Å². The molecular weight excluding hydrogens is 278 g/mol. The molecule has 0 aliphatic carbocycles. The Morgan fingerprint density at radius 1 is 1.05 bits per heavy atom. The van der Waals surface area contributed by atoms with Crippen LogP contribution in [0.3, 0.4) is 0 Å². The fraction of sp³-hybridized carbons (Fsp3) is 0.368. The van der Waals surface area contributed by atoms with Gasteiger partial charge in [0.15, 0.2) is 0 Å². The first-order chi connectivity index (χ1) is 10.2. The van der Waals surface area contributed by atoms with Crippen LogP contribution in [0.5, 0.6) is 0 Å². The van der Waals surface area contributed by atoms with E-state index in [0.29, 0.717) is 0 Å². The summed E-state index contributed by atoms with van der Waals surface area (Å²) < 4.78 is 0. The van der Waals surface area contributed by atoms with Crippen LogP contribution in [0.1, 0.15) is 48.6 Å². The van der Waals surface area contributed by atoms with Crippen LogP contribution in [-0.4, -0.2) is 6.54 Å². The Kier molecular flexibility index (Phi) is 5.84. The quantitative estimate of drug-likeness (QED) is 0.763. The van der Waals surface area contributed by atoms with Gasteiger partial charge in [0.2, 0.25) is 0 Å². The topological polar surface area (TPSA) is 12.0 Å². The van der Waals surface area contributed by atoms with Crippen LogP contribution in [0, 0.1) is 6.92 Å². The second-order valence-corrected chi connectivity index (χ2v) is 5.91. The Bertz CT molecular complexity index is 575. The van der Waals surface area contributed by atoms with Gasteiger partial charge in [-0.3, -0.25) is 0 Å². The van der Waals surface area contributed by atoms with Gasteiger partial charge in [-0.2, -0.15) is 0 Å². The second-order valence-electron chi connectivity index (χ2n) is 5.51. The molecule has 2 aromatic rings. The molecular formula is C19H24ClN. The molecule has 0 amide bonds. The monoisotopic (exact) mass is 301 g/mol. The molecule has 0 saturated carbocycles. The van der Waals surface area contributed by atoms with E-state index in [2.05, 4.69) is 62.5 Å². The molecule has 112 valence electrons. The maximum Gasteiger partial charge on any atom is 0.0591 e. The zero-order chi connectivity index (χ0) is 15.2. The summed E-state index contributed by atoms with van der Waals surface area (Å²) in [7, 11) is 0. The van der Waals surface area contributed by atoms with Gasteiger partial charge in [-0.25, -0.2) is 0 Å². The molecule has 0 saturated heterocycles. The minimum Gasteiger partial charge on any atom is -0.306 e. The second kappa shape index (κ2) is 7.63. The van der Waals surface area contributed by atoms with Crippen LogP contribution in [0.2, 0.25) is 5.02 Å². The van der Waals surface area contributed by atoms with Crippen molar-refractivity contribution in [1.29, 1.82) is 0 Å². The number of hydrogen-bond donors (Lipinski definition) is 1. The van der Waals surface area contributed by atoms with Crippen molar-refractivity contribution >= 4 is 11.6 Å². The lowest BCUT2D eigenvalue weighted by atomic mass is 9.96. The van der Waals surface area contributed by atoms with Crippen LogP contribution in [0.15, 0.2) is 42.5 Å². The largest absolute Gasteiger partial charge is 0.306 e. The fourth-order valence-electron chi connectivity index (χ4n) is 2.51. The van der Waals surface area contributed by atoms with Crippen molar-refractivity contribution in [2.24, 2.45) is 0 Å². The minimum absolute atomic E-state index is 0.156. The Morgan fingerprint density at radius 3 is 2.33 bits per heavy atom. The summed E-state index contributed by atoms with van der Waals surface area (Å²) in [5, 5.41) is 4.45. The van der Waals surface area contributed by atoms with Gasteiger partial charge in [-0.05, 0) is 54.6 Å². The predicted molar refractivity (Wildman–Crippen MR) is 92.1 cm³/mol. The molecule has 0 spiro atoms. The fourth-order valence-corrected chi connectivity index (χ4v) is 2.85. The van der Waals surface area contributed by atoms with Gasteiger partial charge >= 0.3 is 0 Å². The first-order valence-electron chi connectivity index (χ1n) is 7.74. The average Bonchev–Trinajstić information content (AvgIpc) is 2.50. The molecule has 0 radical (unpaired) electrons. The number of benzene rings is 2. The lowest BCUT2D eigenvalue weighted by Gasteiger charge is -2.21. The summed E-state index contributed by atoms with van der Waals surface area (Å²) in [6, 6.07) is 15.3. The summed E-state index contributed by atoms with van der Waals surface area (Å²) in [6.07, 6.45) is 2.17. The van der Waals surface area contributed by atoms with E-state index in [4.69, 9.17) is 11.6 Å². The molecule has 0 aliphatic rings. The number of halogens is 1. The third kappa shape index (κ3) is 4.09. The van der Waals surface area contributed by atoms with E-state index in [9.17, 15) is 0 Å². The first kappa shape index (κ1) is 16.1. The molecule has 0 aromatic heterocycles. The Morgan fingerprint density at radius 2 is 1.76 bits per heavy atom. The molecule has 1 N–H and O–H groups in total. The summed E-state index contributed by atoms with van der Waals surface area (Å²) in [6.45, 7) is 7.41. The molecule has 0 heterocycles. The van der Waals surface area contributed by atoms with Gasteiger partial charge in [0.05, 0.1) is 6.04 Å². The lowest BCUT2D eigenvalue weighted by Crippen LogP contribution is -2.23. The number of aryl methyl sites for hydroxylation is 2. The summed E-state index contributed by atoms with van der Waals surface area (Å²) >= 11 is 6.47. The van der Waals surface area contributed by atoms with Crippen molar-refractivity contribution in [3.8, 4) is 0 Å². The number of nitrogens with one attached hydrogen (secondary N) is 1. The maximum absolute atomic E-state index is 6.47. The van der Waals surface area contributed by atoms with E-state index >= 15 is 0 Å². The zero-order valence-electron chi connectivity index (χ0n) is 13.1. The van der Waals surface area contributed by atoms with Crippen molar-refractivity contribution in [2.75, 3.05) is 6.54 Å². The normalized spacial score (nSPS) is 12.4. The molecule has 1 nitrogen and oxygen atoms in total. The van der Waals surface area contributed by atoms with E-state index < -0.39 is 0 Å². The van der Waals surface area contributed by atoms with Crippen LogP contribution in [-0.2, 0) is 6.42 Å². The van der Waals surface area contributed by atoms with Crippen molar-refractivity contribution in [1.82, 2.24) is 5.32 Å². The van der Waals surface area contributed by atoms with E-state index in [1.807, 2.05) is 6.07 Å². The highest BCUT2D eigenvalue weighted by Crippen LogP contribution is 2.29. The van der Waals surface area contributed by atoms with E-state index in [1.165, 1.54) is 16.7 Å². The van der Waals surface area contributed by atoms with Crippen LogP contribution in [0.4, 0.5) is 0 Å². The molecule has 0 aliphatic heterocycles. The van der Waals surface area contributed by atoms with E-state index in [1.54, 1.807) is 0 Å². The van der Waals surface area contributed by atoms with E-state index in [-0.39, 0.29) is 6.04 Å². The Labute approximate surface area is 133 Å².